The lowest BCUT2D eigenvalue weighted by molar-refractivity contribution is 0.780. The lowest BCUT2D eigenvalue weighted by Gasteiger charge is -1.96. The molecule has 1 aromatic carbocycles. The number of benzene rings is 1. The van der Waals surface area contributed by atoms with Gasteiger partial charge in [-0.25, -0.2) is 0 Å². The first-order chi connectivity index (χ1) is 5.79. The van der Waals surface area contributed by atoms with Crippen molar-refractivity contribution in [2.45, 2.75) is 0 Å². The van der Waals surface area contributed by atoms with Crippen LogP contribution in [-0.4, -0.2) is 16.8 Å². The maximum atomic E-state index is 4.30. The predicted molar refractivity (Wildman–Crippen MR) is 50.3 cm³/mol. The molecular weight excluding hydrogens is 150 g/mol. The molecule has 1 heterocycles. The van der Waals surface area contributed by atoms with Crippen LogP contribution in [0.3, 0.4) is 0 Å². The SMILES string of the molecule is CNc1ccc2cn(C)nc2c1. The molecule has 1 N–H and O–H groups in total. The summed E-state index contributed by atoms with van der Waals surface area (Å²) in [5.41, 5.74) is 2.13. The van der Waals surface area contributed by atoms with Gasteiger partial charge in [-0.3, -0.25) is 4.68 Å². The van der Waals surface area contributed by atoms with Crippen LogP contribution in [0.1, 0.15) is 0 Å². The molecule has 0 saturated carbocycles. The summed E-state index contributed by atoms with van der Waals surface area (Å²) in [5, 5.41) is 8.55. The molecule has 0 unspecified atom stereocenters. The van der Waals surface area contributed by atoms with Gasteiger partial charge in [0, 0.05) is 31.4 Å². The number of aryl methyl sites for hydroxylation is 1. The van der Waals surface area contributed by atoms with E-state index in [1.165, 1.54) is 5.39 Å². The molecule has 2 rings (SSSR count). The van der Waals surface area contributed by atoms with Crippen LogP contribution >= 0.6 is 0 Å². The molecular formula is C9H11N3. The summed E-state index contributed by atoms with van der Waals surface area (Å²) in [5.74, 6) is 0. The van der Waals surface area contributed by atoms with E-state index in [0.717, 1.165) is 11.2 Å². The van der Waals surface area contributed by atoms with E-state index in [4.69, 9.17) is 0 Å². The Hall–Kier alpha value is -1.51. The Morgan fingerprint density at radius 3 is 3.00 bits per heavy atom. The minimum atomic E-state index is 1.03. The van der Waals surface area contributed by atoms with Crippen molar-refractivity contribution < 1.29 is 0 Å². The Kier molecular flexibility index (Phi) is 1.50. The highest BCUT2D eigenvalue weighted by atomic mass is 15.2. The van der Waals surface area contributed by atoms with Gasteiger partial charge in [0.15, 0.2) is 0 Å². The molecule has 0 amide bonds. The fourth-order valence-electron chi connectivity index (χ4n) is 1.30. The summed E-state index contributed by atoms with van der Waals surface area (Å²) in [4.78, 5) is 0. The fraction of sp³-hybridized carbons (Fsp3) is 0.222. The van der Waals surface area contributed by atoms with E-state index in [1.54, 1.807) is 0 Å². The van der Waals surface area contributed by atoms with Gasteiger partial charge in [-0.2, -0.15) is 5.10 Å². The summed E-state index contributed by atoms with van der Waals surface area (Å²) in [6.07, 6.45) is 2.01. The smallest absolute Gasteiger partial charge is 0.0943 e. The van der Waals surface area contributed by atoms with Gasteiger partial charge in [0.05, 0.1) is 5.52 Å². The molecule has 0 bridgehead atoms. The van der Waals surface area contributed by atoms with Crippen molar-refractivity contribution >= 4 is 16.6 Å². The van der Waals surface area contributed by atoms with E-state index in [-0.39, 0.29) is 0 Å². The van der Waals surface area contributed by atoms with E-state index < -0.39 is 0 Å². The molecule has 12 heavy (non-hydrogen) atoms. The van der Waals surface area contributed by atoms with E-state index in [0.29, 0.717) is 0 Å². The molecule has 62 valence electrons. The van der Waals surface area contributed by atoms with Gasteiger partial charge in [-0.15, -0.1) is 0 Å². The second kappa shape index (κ2) is 2.52. The van der Waals surface area contributed by atoms with Crippen molar-refractivity contribution in [3.8, 4) is 0 Å². The molecule has 1 aromatic heterocycles. The summed E-state index contributed by atoms with van der Waals surface area (Å²) < 4.78 is 1.82. The van der Waals surface area contributed by atoms with Crippen molar-refractivity contribution in [2.24, 2.45) is 7.05 Å². The molecule has 2 aromatic rings. The van der Waals surface area contributed by atoms with Crippen LogP contribution in [-0.2, 0) is 7.05 Å². The third-order valence-corrected chi connectivity index (χ3v) is 1.91. The van der Waals surface area contributed by atoms with Crippen molar-refractivity contribution in [1.82, 2.24) is 9.78 Å². The standard InChI is InChI=1S/C9H11N3/c1-10-8-4-3-7-6-12(2)11-9(7)5-8/h3-6,10H,1-2H3. The van der Waals surface area contributed by atoms with Gasteiger partial charge in [0.25, 0.3) is 0 Å². The van der Waals surface area contributed by atoms with E-state index in [9.17, 15) is 0 Å². The van der Waals surface area contributed by atoms with Crippen LogP contribution in [0.25, 0.3) is 10.9 Å². The van der Waals surface area contributed by atoms with Crippen molar-refractivity contribution in [1.29, 1.82) is 0 Å². The molecule has 3 nitrogen and oxygen atoms in total. The zero-order valence-corrected chi connectivity index (χ0v) is 7.20. The zero-order chi connectivity index (χ0) is 8.55. The highest BCUT2D eigenvalue weighted by Crippen LogP contribution is 2.16. The maximum absolute atomic E-state index is 4.30. The monoisotopic (exact) mass is 161 g/mol. The van der Waals surface area contributed by atoms with Crippen LogP contribution < -0.4 is 5.32 Å². The highest BCUT2D eigenvalue weighted by molar-refractivity contribution is 5.81. The van der Waals surface area contributed by atoms with Gasteiger partial charge in [-0.05, 0) is 18.2 Å². The Morgan fingerprint density at radius 1 is 1.42 bits per heavy atom. The Labute approximate surface area is 71.0 Å². The van der Waals surface area contributed by atoms with Gasteiger partial charge in [-0.1, -0.05) is 0 Å². The molecule has 0 spiro atoms. The first-order valence-electron chi connectivity index (χ1n) is 3.91. The Bertz CT molecular complexity index is 403. The third-order valence-electron chi connectivity index (χ3n) is 1.91. The lowest BCUT2D eigenvalue weighted by Crippen LogP contribution is -1.87. The first kappa shape index (κ1) is 7.16. The van der Waals surface area contributed by atoms with Crippen LogP contribution in [0.4, 0.5) is 5.69 Å². The van der Waals surface area contributed by atoms with Crippen molar-refractivity contribution in [3.63, 3.8) is 0 Å². The Balaban J connectivity index is 2.66. The average Bonchev–Trinajstić information content (AvgIpc) is 2.43. The molecule has 0 fully saturated rings. The van der Waals surface area contributed by atoms with Crippen LogP contribution in [0.5, 0.6) is 0 Å². The minimum Gasteiger partial charge on any atom is -0.388 e. The quantitative estimate of drug-likeness (QED) is 0.688. The average molecular weight is 161 g/mol. The number of aromatic nitrogens is 2. The number of anilines is 1. The van der Waals surface area contributed by atoms with Crippen LogP contribution in [0, 0.1) is 0 Å². The summed E-state index contributed by atoms with van der Waals surface area (Å²) >= 11 is 0. The molecule has 3 heteroatoms. The zero-order valence-electron chi connectivity index (χ0n) is 7.20. The molecule has 0 atom stereocenters. The number of hydrogen-bond donors (Lipinski definition) is 1. The van der Waals surface area contributed by atoms with Crippen molar-refractivity contribution in [2.75, 3.05) is 12.4 Å². The minimum absolute atomic E-state index is 1.03. The summed E-state index contributed by atoms with van der Waals surface area (Å²) in [6, 6.07) is 6.15. The van der Waals surface area contributed by atoms with Gasteiger partial charge in [0.2, 0.25) is 0 Å². The largest absolute Gasteiger partial charge is 0.388 e. The third kappa shape index (κ3) is 1.03. The number of rotatable bonds is 1. The molecule has 0 aliphatic carbocycles. The van der Waals surface area contributed by atoms with Crippen LogP contribution in [0.15, 0.2) is 24.4 Å². The predicted octanol–water partition coefficient (Wildman–Crippen LogP) is 1.61. The topological polar surface area (TPSA) is 29.9 Å². The van der Waals surface area contributed by atoms with Gasteiger partial charge in [0.1, 0.15) is 0 Å². The number of nitrogens with one attached hydrogen (secondary N) is 1. The van der Waals surface area contributed by atoms with Crippen molar-refractivity contribution in [3.05, 3.63) is 24.4 Å². The summed E-state index contributed by atoms with van der Waals surface area (Å²) in [6.45, 7) is 0. The number of fused-ring (bicyclic) bond motifs is 1. The normalized spacial score (nSPS) is 10.5. The molecule has 0 saturated heterocycles. The van der Waals surface area contributed by atoms with E-state index in [2.05, 4.69) is 16.5 Å². The highest BCUT2D eigenvalue weighted by Gasteiger charge is 1.97. The van der Waals surface area contributed by atoms with Gasteiger partial charge < -0.3 is 5.32 Å². The van der Waals surface area contributed by atoms with E-state index in [1.807, 2.05) is 37.1 Å². The maximum Gasteiger partial charge on any atom is 0.0943 e. The van der Waals surface area contributed by atoms with Crippen LogP contribution in [0.2, 0.25) is 0 Å². The Morgan fingerprint density at radius 2 is 2.25 bits per heavy atom. The molecule has 0 aliphatic heterocycles. The van der Waals surface area contributed by atoms with E-state index >= 15 is 0 Å². The van der Waals surface area contributed by atoms with Gasteiger partial charge >= 0.3 is 0 Å². The fourth-order valence-corrected chi connectivity index (χ4v) is 1.30. The second-order valence-corrected chi connectivity index (χ2v) is 2.83. The first-order valence-corrected chi connectivity index (χ1v) is 3.91. The lowest BCUT2D eigenvalue weighted by atomic mass is 10.2. The molecule has 0 aliphatic rings. The second-order valence-electron chi connectivity index (χ2n) is 2.83. The number of hydrogen-bond acceptors (Lipinski definition) is 2. The number of nitrogens with zero attached hydrogens (tertiary/aromatic N) is 2. The molecule has 0 radical (unpaired) electrons. The summed E-state index contributed by atoms with van der Waals surface area (Å²) in [7, 11) is 3.84.